The van der Waals surface area contributed by atoms with Crippen molar-refractivity contribution >= 4 is 18.3 Å². The molecule has 23 heavy (non-hydrogen) atoms. The highest BCUT2D eigenvalue weighted by molar-refractivity contribution is 5.85. The third-order valence-electron chi connectivity index (χ3n) is 4.05. The predicted octanol–water partition coefficient (Wildman–Crippen LogP) is 1.18. The zero-order chi connectivity index (χ0) is 15.5. The Morgan fingerprint density at radius 2 is 2.00 bits per heavy atom. The van der Waals surface area contributed by atoms with E-state index in [4.69, 9.17) is 0 Å². The topological polar surface area (TPSA) is 71.8 Å². The Hall–Kier alpha value is -1.92. The maximum Gasteiger partial charge on any atom is 0.226 e. The van der Waals surface area contributed by atoms with E-state index in [1.165, 1.54) is 5.56 Å². The molecule has 0 bridgehead atoms. The second kappa shape index (κ2) is 7.57. The third-order valence-corrected chi connectivity index (χ3v) is 4.05. The standard InChI is InChI=1S/C16H21N5O.ClH/c1-11-3-5-14(6-4-11)21-12(2)15(19-20-21)7-16(22)18-10-13-8-17-9-13;/h3-6,13,17H,7-10H2,1-2H3,(H,18,22);1H. The molecular weight excluding hydrogens is 314 g/mol. The third kappa shape index (κ3) is 4.09. The van der Waals surface area contributed by atoms with Crippen molar-refractivity contribution in [1.82, 2.24) is 25.6 Å². The molecule has 7 heteroatoms. The van der Waals surface area contributed by atoms with Gasteiger partial charge < -0.3 is 10.6 Å². The van der Waals surface area contributed by atoms with Crippen LogP contribution in [0.2, 0.25) is 0 Å². The SMILES string of the molecule is Cc1ccc(-n2nnc(CC(=O)NCC3CNC3)c2C)cc1.Cl. The fourth-order valence-electron chi connectivity index (χ4n) is 2.42. The number of amides is 1. The summed E-state index contributed by atoms with van der Waals surface area (Å²) < 4.78 is 1.78. The van der Waals surface area contributed by atoms with E-state index in [1.807, 2.05) is 38.1 Å². The van der Waals surface area contributed by atoms with Gasteiger partial charge in [0.05, 0.1) is 23.5 Å². The van der Waals surface area contributed by atoms with Crippen molar-refractivity contribution in [3.63, 3.8) is 0 Å². The average Bonchev–Trinajstić information content (AvgIpc) is 2.80. The monoisotopic (exact) mass is 335 g/mol. The Bertz CT molecular complexity index is 664. The Kier molecular flexibility index (Phi) is 5.74. The maximum absolute atomic E-state index is 12.0. The Morgan fingerprint density at radius 1 is 1.30 bits per heavy atom. The molecule has 1 saturated heterocycles. The van der Waals surface area contributed by atoms with E-state index in [2.05, 4.69) is 20.9 Å². The second-order valence-corrected chi connectivity index (χ2v) is 5.87. The van der Waals surface area contributed by atoms with E-state index in [-0.39, 0.29) is 24.7 Å². The van der Waals surface area contributed by atoms with Crippen molar-refractivity contribution in [3.8, 4) is 5.69 Å². The molecule has 3 rings (SSSR count). The summed E-state index contributed by atoms with van der Waals surface area (Å²) in [6.07, 6.45) is 0.276. The number of benzene rings is 1. The molecule has 1 fully saturated rings. The number of hydrogen-bond acceptors (Lipinski definition) is 4. The number of aryl methyl sites for hydroxylation is 1. The first-order valence-electron chi connectivity index (χ1n) is 7.59. The van der Waals surface area contributed by atoms with Gasteiger partial charge in [0.15, 0.2) is 0 Å². The molecule has 0 radical (unpaired) electrons. The van der Waals surface area contributed by atoms with E-state index in [1.54, 1.807) is 4.68 Å². The van der Waals surface area contributed by atoms with Crippen molar-refractivity contribution in [1.29, 1.82) is 0 Å². The van der Waals surface area contributed by atoms with E-state index in [0.717, 1.165) is 36.7 Å². The molecule has 0 aliphatic carbocycles. The van der Waals surface area contributed by atoms with E-state index >= 15 is 0 Å². The lowest BCUT2D eigenvalue weighted by Gasteiger charge is -2.26. The highest BCUT2D eigenvalue weighted by atomic mass is 35.5. The van der Waals surface area contributed by atoms with Crippen molar-refractivity contribution in [3.05, 3.63) is 41.2 Å². The van der Waals surface area contributed by atoms with Gasteiger partial charge in [-0.3, -0.25) is 4.79 Å². The van der Waals surface area contributed by atoms with Gasteiger partial charge in [-0.15, -0.1) is 17.5 Å². The molecule has 1 aromatic carbocycles. The van der Waals surface area contributed by atoms with Gasteiger partial charge in [0, 0.05) is 25.6 Å². The van der Waals surface area contributed by atoms with Crippen LogP contribution in [-0.4, -0.2) is 40.5 Å². The van der Waals surface area contributed by atoms with Gasteiger partial charge in [0.2, 0.25) is 5.91 Å². The molecule has 0 atom stereocenters. The number of carbonyl (C=O) groups excluding carboxylic acids is 1. The van der Waals surface area contributed by atoms with E-state index in [0.29, 0.717) is 5.92 Å². The molecule has 1 aliphatic heterocycles. The number of rotatable bonds is 5. The molecule has 2 aromatic rings. The van der Waals surface area contributed by atoms with E-state index < -0.39 is 0 Å². The lowest BCUT2D eigenvalue weighted by atomic mass is 10.0. The zero-order valence-electron chi connectivity index (χ0n) is 13.4. The van der Waals surface area contributed by atoms with E-state index in [9.17, 15) is 4.79 Å². The summed E-state index contributed by atoms with van der Waals surface area (Å²) in [6, 6.07) is 8.08. The molecule has 1 aromatic heterocycles. The van der Waals surface area contributed by atoms with Gasteiger partial charge in [0.1, 0.15) is 0 Å². The fraction of sp³-hybridized carbons (Fsp3) is 0.438. The van der Waals surface area contributed by atoms with Crippen molar-refractivity contribution in [2.45, 2.75) is 20.3 Å². The van der Waals surface area contributed by atoms with Crippen LogP contribution in [0.4, 0.5) is 0 Å². The average molecular weight is 336 g/mol. The smallest absolute Gasteiger partial charge is 0.226 e. The maximum atomic E-state index is 12.0. The van der Waals surface area contributed by atoms with Gasteiger partial charge in [0.25, 0.3) is 0 Å². The van der Waals surface area contributed by atoms with Crippen LogP contribution in [0.3, 0.4) is 0 Å². The second-order valence-electron chi connectivity index (χ2n) is 5.87. The predicted molar refractivity (Wildman–Crippen MR) is 91.2 cm³/mol. The minimum atomic E-state index is 0. The van der Waals surface area contributed by atoms with Gasteiger partial charge >= 0.3 is 0 Å². The van der Waals surface area contributed by atoms with Gasteiger partial charge in [-0.25, -0.2) is 4.68 Å². The molecule has 124 valence electrons. The normalized spacial score (nSPS) is 14.0. The van der Waals surface area contributed by atoms with Crippen molar-refractivity contribution in [2.24, 2.45) is 5.92 Å². The first-order valence-corrected chi connectivity index (χ1v) is 7.59. The molecule has 0 spiro atoms. The Balaban J connectivity index is 0.00000192. The summed E-state index contributed by atoms with van der Waals surface area (Å²) in [5.41, 5.74) is 3.79. The molecule has 1 amide bonds. The molecule has 0 unspecified atom stereocenters. The fourth-order valence-corrected chi connectivity index (χ4v) is 2.42. The van der Waals surface area contributed by atoms with Crippen molar-refractivity contribution < 1.29 is 4.79 Å². The summed E-state index contributed by atoms with van der Waals surface area (Å²) in [5.74, 6) is 0.569. The summed E-state index contributed by atoms with van der Waals surface area (Å²) in [4.78, 5) is 12.0. The number of hydrogen-bond donors (Lipinski definition) is 2. The van der Waals surface area contributed by atoms with Crippen LogP contribution in [0.1, 0.15) is 17.0 Å². The molecule has 1 aliphatic rings. The summed E-state index contributed by atoms with van der Waals surface area (Å²) >= 11 is 0. The lowest BCUT2D eigenvalue weighted by molar-refractivity contribution is -0.120. The van der Waals surface area contributed by atoms with Crippen LogP contribution in [0.15, 0.2) is 24.3 Å². The van der Waals surface area contributed by atoms with Crippen LogP contribution in [0, 0.1) is 19.8 Å². The molecule has 6 nitrogen and oxygen atoms in total. The van der Waals surface area contributed by atoms with Gasteiger partial charge in [-0.2, -0.15) is 0 Å². The highest BCUT2D eigenvalue weighted by Gasteiger charge is 2.18. The van der Waals surface area contributed by atoms with Crippen LogP contribution < -0.4 is 10.6 Å². The van der Waals surface area contributed by atoms with Gasteiger partial charge in [-0.05, 0) is 26.0 Å². The molecule has 2 heterocycles. The summed E-state index contributed by atoms with van der Waals surface area (Å²) in [7, 11) is 0. The zero-order valence-corrected chi connectivity index (χ0v) is 14.2. The van der Waals surface area contributed by atoms with Gasteiger partial charge in [-0.1, -0.05) is 22.9 Å². The largest absolute Gasteiger partial charge is 0.355 e. The number of nitrogens with one attached hydrogen (secondary N) is 2. The Morgan fingerprint density at radius 3 is 2.61 bits per heavy atom. The first kappa shape index (κ1) is 17.4. The number of carbonyl (C=O) groups is 1. The number of aromatic nitrogens is 3. The Labute approximate surface area is 142 Å². The van der Waals surface area contributed by atoms with Crippen LogP contribution in [0.5, 0.6) is 0 Å². The quantitative estimate of drug-likeness (QED) is 0.861. The molecule has 2 N–H and O–H groups in total. The summed E-state index contributed by atoms with van der Waals surface area (Å²) in [5, 5.41) is 14.5. The number of halogens is 1. The first-order chi connectivity index (χ1) is 10.6. The minimum Gasteiger partial charge on any atom is -0.355 e. The molecular formula is C16H22ClN5O. The minimum absolute atomic E-state index is 0. The number of nitrogens with zero attached hydrogens (tertiary/aromatic N) is 3. The highest BCUT2D eigenvalue weighted by Crippen LogP contribution is 2.13. The van der Waals surface area contributed by atoms with Crippen LogP contribution in [0.25, 0.3) is 5.69 Å². The van der Waals surface area contributed by atoms with Crippen molar-refractivity contribution in [2.75, 3.05) is 19.6 Å². The lowest BCUT2D eigenvalue weighted by Crippen LogP contribution is -2.48. The molecule has 0 saturated carbocycles. The van der Waals surface area contributed by atoms with Crippen LogP contribution >= 0.6 is 12.4 Å². The summed E-state index contributed by atoms with van der Waals surface area (Å²) in [6.45, 7) is 6.70. The van der Waals surface area contributed by atoms with Crippen LogP contribution in [-0.2, 0) is 11.2 Å².